The molecule has 12 heavy (non-hydrogen) atoms. The largest absolute Gasteiger partial charge is 0.462 e. The van der Waals surface area contributed by atoms with Crippen molar-refractivity contribution < 1.29 is 14.3 Å². The van der Waals surface area contributed by atoms with Gasteiger partial charge in [-0.2, -0.15) is 0 Å². The van der Waals surface area contributed by atoms with Crippen molar-refractivity contribution in [1.82, 2.24) is 0 Å². The van der Waals surface area contributed by atoms with Crippen LogP contribution in [-0.4, -0.2) is 18.4 Å². The Balaban J connectivity index is 2.41. The number of cyclic esters (lactones) is 1. The third-order valence-electron chi connectivity index (χ3n) is 2.58. The molecule has 3 nitrogen and oxygen atoms in total. The third kappa shape index (κ3) is 0.891. The maximum absolute atomic E-state index is 11.2. The Hall–Kier alpha value is -1.12. The number of fused-ring (bicyclic) bond motifs is 1. The van der Waals surface area contributed by atoms with E-state index in [1.54, 1.807) is 6.92 Å². The molecule has 0 aromatic carbocycles. The number of carbonyl (C=O) groups excluding carboxylic acids is 2. The summed E-state index contributed by atoms with van der Waals surface area (Å²) in [5.74, 6) is -0.0257. The van der Waals surface area contributed by atoms with Crippen LogP contribution < -0.4 is 0 Å². The minimum Gasteiger partial charge on any atom is -0.462 e. The highest BCUT2D eigenvalue weighted by atomic mass is 16.5. The van der Waals surface area contributed by atoms with Gasteiger partial charge in [0.05, 0.1) is 6.61 Å². The number of allylic oxidation sites excluding steroid dienone is 1. The van der Waals surface area contributed by atoms with Gasteiger partial charge in [-0.05, 0) is 13.3 Å². The molecule has 0 spiro atoms. The molecule has 1 unspecified atom stereocenters. The smallest absolute Gasteiger partial charge is 0.334 e. The SMILES string of the molecule is CC1=C2C(=O)OCCC2CC1=O. The van der Waals surface area contributed by atoms with Gasteiger partial charge in [0.15, 0.2) is 5.78 Å². The molecule has 64 valence electrons. The molecule has 1 aliphatic heterocycles. The number of hydrogen-bond donors (Lipinski definition) is 0. The van der Waals surface area contributed by atoms with Crippen LogP contribution in [0, 0.1) is 5.92 Å². The van der Waals surface area contributed by atoms with Crippen molar-refractivity contribution in [3.05, 3.63) is 11.1 Å². The molecule has 1 aliphatic carbocycles. The number of rotatable bonds is 0. The standard InChI is InChI=1S/C9H10O3/c1-5-7(10)4-6-2-3-12-9(11)8(5)6/h6H,2-4H2,1H3. The first-order valence-corrected chi connectivity index (χ1v) is 4.11. The molecular formula is C9H10O3. The summed E-state index contributed by atoms with van der Waals surface area (Å²) in [6, 6.07) is 0. The molecule has 0 radical (unpaired) electrons. The van der Waals surface area contributed by atoms with Gasteiger partial charge in [-0.15, -0.1) is 0 Å². The molecular weight excluding hydrogens is 156 g/mol. The summed E-state index contributed by atoms with van der Waals surface area (Å²) in [6.45, 7) is 2.18. The predicted molar refractivity (Wildman–Crippen MR) is 41.4 cm³/mol. The first-order valence-electron chi connectivity index (χ1n) is 4.11. The zero-order chi connectivity index (χ0) is 8.72. The van der Waals surface area contributed by atoms with E-state index in [2.05, 4.69) is 0 Å². The summed E-state index contributed by atoms with van der Waals surface area (Å²) in [7, 11) is 0. The Morgan fingerprint density at radius 1 is 1.42 bits per heavy atom. The van der Waals surface area contributed by atoms with E-state index in [-0.39, 0.29) is 17.7 Å². The molecule has 3 heteroatoms. The van der Waals surface area contributed by atoms with Gasteiger partial charge in [0.2, 0.25) is 0 Å². The fourth-order valence-electron chi connectivity index (χ4n) is 1.87. The number of Topliss-reactive ketones (excluding diaryl/α,β-unsaturated/α-hetero) is 1. The quantitative estimate of drug-likeness (QED) is 0.501. The molecule has 1 fully saturated rings. The van der Waals surface area contributed by atoms with Crippen molar-refractivity contribution >= 4 is 11.8 Å². The van der Waals surface area contributed by atoms with Gasteiger partial charge in [0.25, 0.3) is 0 Å². The molecule has 1 saturated heterocycles. The monoisotopic (exact) mass is 166 g/mol. The van der Waals surface area contributed by atoms with Crippen molar-refractivity contribution in [2.75, 3.05) is 6.61 Å². The fourth-order valence-corrected chi connectivity index (χ4v) is 1.87. The van der Waals surface area contributed by atoms with Crippen molar-refractivity contribution in [1.29, 1.82) is 0 Å². The van der Waals surface area contributed by atoms with Crippen LogP contribution in [0.25, 0.3) is 0 Å². The van der Waals surface area contributed by atoms with Gasteiger partial charge in [0, 0.05) is 23.5 Å². The lowest BCUT2D eigenvalue weighted by molar-refractivity contribution is -0.142. The summed E-state index contributed by atoms with van der Waals surface area (Å²) < 4.78 is 4.86. The number of ether oxygens (including phenoxy) is 1. The van der Waals surface area contributed by atoms with E-state index in [4.69, 9.17) is 4.74 Å². The molecule has 0 aromatic rings. The van der Waals surface area contributed by atoms with Crippen LogP contribution in [0.1, 0.15) is 19.8 Å². The van der Waals surface area contributed by atoms with E-state index < -0.39 is 0 Å². The molecule has 0 amide bonds. The summed E-state index contributed by atoms with van der Waals surface area (Å²) in [4.78, 5) is 22.4. The van der Waals surface area contributed by atoms with Crippen LogP contribution >= 0.6 is 0 Å². The highest BCUT2D eigenvalue weighted by Crippen LogP contribution is 2.34. The van der Waals surface area contributed by atoms with Gasteiger partial charge >= 0.3 is 5.97 Å². The molecule has 0 N–H and O–H groups in total. The highest BCUT2D eigenvalue weighted by molar-refractivity contribution is 6.08. The van der Waals surface area contributed by atoms with E-state index in [1.807, 2.05) is 0 Å². The minimum absolute atomic E-state index is 0.105. The zero-order valence-corrected chi connectivity index (χ0v) is 6.92. The zero-order valence-electron chi connectivity index (χ0n) is 6.92. The molecule has 0 aromatic heterocycles. The molecule has 1 heterocycles. The first kappa shape index (κ1) is 7.53. The number of esters is 1. The van der Waals surface area contributed by atoms with Crippen molar-refractivity contribution in [2.45, 2.75) is 19.8 Å². The van der Waals surface area contributed by atoms with E-state index in [9.17, 15) is 9.59 Å². The van der Waals surface area contributed by atoms with Crippen LogP contribution in [0.3, 0.4) is 0 Å². The second-order valence-corrected chi connectivity index (χ2v) is 3.29. The van der Waals surface area contributed by atoms with Gasteiger partial charge in [0.1, 0.15) is 0 Å². The Bertz CT molecular complexity index is 288. The van der Waals surface area contributed by atoms with Gasteiger partial charge in [-0.3, -0.25) is 4.79 Å². The van der Waals surface area contributed by atoms with Crippen LogP contribution in [-0.2, 0) is 14.3 Å². The minimum atomic E-state index is -0.283. The molecule has 0 bridgehead atoms. The normalized spacial score (nSPS) is 28.9. The van der Waals surface area contributed by atoms with Gasteiger partial charge in [-0.25, -0.2) is 4.79 Å². The summed E-state index contributed by atoms with van der Waals surface area (Å²) in [6.07, 6.45) is 1.32. The predicted octanol–water partition coefficient (Wildman–Crippen LogP) is 0.839. The third-order valence-corrected chi connectivity index (χ3v) is 2.58. The lowest BCUT2D eigenvalue weighted by Gasteiger charge is -2.19. The number of ketones is 1. The Kier molecular flexibility index (Phi) is 1.53. The summed E-state index contributed by atoms with van der Waals surface area (Å²) in [5.41, 5.74) is 1.25. The Labute approximate surface area is 70.4 Å². The lowest BCUT2D eigenvalue weighted by atomic mass is 9.95. The van der Waals surface area contributed by atoms with E-state index in [1.165, 1.54) is 0 Å². The average Bonchev–Trinajstić information content (AvgIpc) is 2.29. The first-order chi connectivity index (χ1) is 5.70. The van der Waals surface area contributed by atoms with Crippen LogP contribution in [0.2, 0.25) is 0 Å². The highest BCUT2D eigenvalue weighted by Gasteiger charge is 2.37. The van der Waals surface area contributed by atoms with E-state index in [0.717, 1.165) is 6.42 Å². The summed E-state index contributed by atoms with van der Waals surface area (Å²) in [5, 5.41) is 0. The maximum atomic E-state index is 11.2. The van der Waals surface area contributed by atoms with Crippen molar-refractivity contribution in [3.8, 4) is 0 Å². The topological polar surface area (TPSA) is 43.4 Å². The van der Waals surface area contributed by atoms with E-state index in [0.29, 0.717) is 24.2 Å². The van der Waals surface area contributed by atoms with Gasteiger partial charge in [-0.1, -0.05) is 0 Å². The van der Waals surface area contributed by atoms with Crippen LogP contribution in [0.15, 0.2) is 11.1 Å². The molecule has 2 rings (SSSR count). The lowest BCUT2D eigenvalue weighted by Crippen LogP contribution is -2.22. The Morgan fingerprint density at radius 3 is 2.83 bits per heavy atom. The fraction of sp³-hybridized carbons (Fsp3) is 0.556. The number of carbonyl (C=O) groups is 2. The van der Waals surface area contributed by atoms with Gasteiger partial charge < -0.3 is 4.74 Å². The van der Waals surface area contributed by atoms with Crippen LogP contribution in [0.4, 0.5) is 0 Å². The molecule has 0 saturated carbocycles. The Morgan fingerprint density at radius 2 is 2.17 bits per heavy atom. The van der Waals surface area contributed by atoms with E-state index >= 15 is 0 Å². The summed E-state index contributed by atoms with van der Waals surface area (Å²) >= 11 is 0. The van der Waals surface area contributed by atoms with Crippen LogP contribution in [0.5, 0.6) is 0 Å². The molecule has 1 atom stereocenters. The average molecular weight is 166 g/mol. The molecule has 2 aliphatic rings. The number of hydrogen-bond acceptors (Lipinski definition) is 3. The van der Waals surface area contributed by atoms with Crippen molar-refractivity contribution in [3.63, 3.8) is 0 Å². The second kappa shape index (κ2) is 2.44. The second-order valence-electron chi connectivity index (χ2n) is 3.29. The maximum Gasteiger partial charge on any atom is 0.334 e. The van der Waals surface area contributed by atoms with Crippen molar-refractivity contribution in [2.24, 2.45) is 5.92 Å².